The van der Waals surface area contributed by atoms with Crippen LogP contribution in [0.4, 0.5) is 0 Å². The van der Waals surface area contributed by atoms with E-state index in [4.69, 9.17) is 21.7 Å². The Morgan fingerprint density at radius 2 is 2.40 bits per heavy atom. The number of benzene rings is 1. The Balaban J connectivity index is 1.81. The molecule has 1 aliphatic heterocycles. The summed E-state index contributed by atoms with van der Waals surface area (Å²) in [4.78, 5) is 12.0. The Morgan fingerprint density at radius 3 is 3.10 bits per heavy atom. The number of hydrogen-bond acceptors (Lipinski definition) is 4. The lowest BCUT2D eigenvalue weighted by Crippen LogP contribution is -2.42. The number of thiocarbonyl (C=S) groups is 1. The van der Waals surface area contributed by atoms with Crippen LogP contribution in [-0.4, -0.2) is 37.4 Å². The van der Waals surface area contributed by atoms with Gasteiger partial charge in [0.15, 0.2) is 5.11 Å². The molecule has 1 aromatic carbocycles. The lowest BCUT2D eigenvalue weighted by Gasteiger charge is -2.13. The molecule has 1 atom stereocenters. The summed E-state index contributed by atoms with van der Waals surface area (Å²) in [7, 11) is 1.56. The molecule has 0 aromatic heterocycles. The minimum atomic E-state index is -0.256. The molecule has 0 radical (unpaired) electrons. The van der Waals surface area contributed by atoms with Gasteiger partial charge in [0.05, 0.1) is 13.2 Å². The van der Waals surface area contributed by atoms with E-state index >= 15 is 0 Å². The van der Waals surface area contributed by atoms with Gasteiger partial charge in [-0.2, -0.15) is 0 Å². The van der Waals surface area contributed by atoms with Gasteiger partial charge in [-0.1, -0.05) is 6.07 Å². The molecule has 1 fully saturated rings. The highest BCUT2D eigenvalue weighted by Gasteiger charge is 2.16. The Labute approximate surface area is 123 Å². The zero-order chi connectivity index (χ0) is 14.4. The van der Waals surface area contributed by atoms with Crippen LogP contribution in [0, 0.1) is 0 Å². The second-order valence-corrected chi connectivity index (χ2v) is 4.94. The van der Waals surface area contributed by atoms with Crippen molar-refractivity contribution in [3.63, 3.8) is 0 Å². The van der Waals surface area contributed by atoms with E-state index in [2.05, 4.69) is 10.6 Å². The van der Waals surface area contributed by atoms with Gasteiger partial charge in [0.1, 0.15) is 5.75 Å². The van der Waals surface area contributed by atoms with E-state index in [1.165, 1.54) is 0 Å². The van der Waals surface area contributed by atoms with Crippen LogP contribution in [-0.2, 0) is 4.74 Å². The highest BCUT2D eigenvalue weighted by atomic mass is 32.1. The molecule has 1 aromatic rings. The standard InChI is InChI=1S/C14H18N2O3S/c1-18-11-5-2-4-10(8-11)13(17)16-14(20)15-9-12-6-3-7-19-12/h2,4-5,8,12H,3,6-7,9H2,1H3,(H2,15,16,17,20). The van der Waals surface area contributed by atoms with Gasteiger partial charge in [-0.25, -0.2) is 0 Å². The zero-order valence-corrected chi connectivity index (χ0v) is 12.2. The van der Waals surface area contributed by atoms with Crippen molar-refractivity contribution in [1.82, 2.24) is 10.6 Å². The van der Waals surface area contributed by atoms with Gasteiger partial charge in [-0.3, -0.25) is 10.1 Å². The van der Waals surface area contributed by atoms with Crippen LogP contribution in [0.2, 0.25) is 0 Å². The molecule has 0 spiro atoms. The predicted octanol–water partition coefficient (Wildman–Crippen LogP) is 1.48. The number of hydrogen-bond donors (Lipinski definition) is 2. The molecule has 2 N–H and O–H groups in total. The van der Waals surface area contributed by atoms with Gasteiger partial charge in [0.2, 0.25) is 0 Å². The van der Waals surface area contributed by atoms with Crippen LogP contribution < -0.4 is 15.4 Å². The summed E-state index contributed by atoms with van der Waals surface area (Å²) in [5.74, 6) is 0.379. The van der Waals surface area contributed by atoms with Crippen LogP contribution >= 0.6 is 12.2 Å². The molecule has 1 heterocycles. The van der Waals surface area contributed by atoms with E-state index < -0.39 is 0 Å². The molecular weight excluding hydrogens is 276 g/mol. The third-order valence-electron chi connectivity index (χ3n) is 3.07. The van der Waals surface area contributed by atoms with E-state index in [1.54, 1.807) is 31.4 Å². The fourth-order valence-electron chi connectivity index (χ4n) is 2.00. The molecule has 0 aliphatic carbocycles. The third-order valence-corrected chi connectivity index (χ3v) is 3.32. The topological polar surface area (TPSA) is 59.6 Å². The lowest BCUT2D eigenvalue weighted by atomic mass is 10.2. The summed E-state index contributed by atoms with van der Waals surface area (Å²) in [6.45, 7) is 1.42. The first kappa shape index (κ1) is 14.7. The first-order valence-electron chi connectivity index (χ1n) is 6.54. The van der Waals surface area contributed by atoms with Crippen molar-refractivity contribution >= 4 is 23.2 Å². The van der Waals surface area contributed by atoms with Crippen LogP contribution in [0.5, 0.6) is 5.75 Å². The van der Waals surface area contributed by atoms with Crippen molar-refractivity contribution in [3.8, 4) is 5.75 Å². The number of amides is 1. The van der Waals surface area contributed by atoms with Crippen molar-refractivity contribution in [2.24, 2.45) is 0 Å². The summed E-state index contributed by atoms with van der Waals surface area (Å²) in [5.41, 5.74) is 0.505. The van der Waals surface area contributed by atoms with E-state index in [0.717, 1.165) is 19.4 Å². The maximum absolute atomic E-state index is 12.0. The maximum atomic E-state index is 12.0. The summed E-state index contributed by atoms with van der Waals surface area (Å²) >= 11 is 5.10. The van der Waals surface area contributed by atoms with Crippen molar-refractivity contribution in [3.05, 3.63) is 29.8 Å². The van der Waals surface area contributed by atoms with Gasteiger partial charge in [-0.05, 0) is 43.3 Å². The van der Waals surface area contributed by atoms with Crippen LogP contribution in [0.25, 0.3) is 0 Å². The summed E-state index contributed by atoms with van der Waals surface area (Å²) in [5, 5.41) is 5.95. The van der Waals surface area contributed by atoms with Crippen LogP contribution in [0.1, 0.15) is 23.2 Å². The molecule has 108 valence electrons. The summed E-state index contributed by atoms with van der Waals surface area (Å²) in [6.07, 6.45) is 2.29. The quantitative estimate of drug-likeness (QED) is 0.824. The average Bonchev–Trinajstić information content (AvgIpc) is 2.98. The number of rotatable bonds is 4. The third kappa shape index (κ3) is 4.18. The second-order valence-electron chi connectivity index (χ2n) is 4.53. The number of ether oxygens (including phenoxy) is 2. The fourth-order valence-corrected chi connectivity index (χ4v) is 2.17. The monoisotopic (exact) mass is 294 g/mol. The molecule has 20 heavy (non-hydrogen) atoms. The first-order valence-corrected chi connectivity index (χ1v) is 6.94. The van der Waals surface area contributed by atoms with Gasteiger partial charge >= 0.3 is 0 Å². The second kappa shape index (κ2) is 7.21. The normalized spacial score (nSPS) is 17.6. The molecule has 0 bridgehead atoms. The minimum Gasteiger partial charge on any atom is -0.497 e. The summed E-state index contributed by atoms with van der Waals surface area (Å²) < 4.78 is 10.6. The molecular formula is C14H18N2O3S. The highest BCUT2D eigenvalue weighted by Crippen LogP contribution is 2.12. The largest absolute Gasteiger partial charge is 0.497 e. The smallest absolute Gasteiger partial charge is 0.257 e. The Hall–Kier alpha value is -1.66. The van der Waals surface area contributed by atoms with Gasteiger partial charge in [0.25, 0.3) is 5.91 Å². The Bertz CT molecular complexity index is 487. The molecule has 5 nitrogen and oxygen atoms in total. The number of methoxy groups -OCH3 is 1. The van der Waals surface area contributed by atoms with Gasteiger partial charge in [-0.15, -0.1) is 0 Å². The van der Waals surface area contributed by atoms with E-state index in [1.807, 2.05) is 0 Å². The van der Waals surface area contributed by atoms with E-state index in [9.17, 15) is 4.79 Å². The van der Waals surface area contributed by atoms with E-state index in [0.29, 0.717) is 23.0 Å². The maximum Gasteiger partial charge on any atom is 0.257 e. The van der Waals surface area contributed by atoms with Crippen LogP contribution in [0.15, 0.2) is 24.3 Å². The number of nitrogens with one attached hydrogen (secondary N) is 2. The van der Waals surface area contributed by atoms with Crippen molar-refractivity contribution in [2.45, 2.75) is 18.9 Å². The highest BCUT2D eigenvalue weighted by molar-refractivity contribution is 7.80. The minimum absolute atomic E-state index is 0.182. The van der Waals surface area contributed by atoms with Gasteiger partial charge < -0.3 is 14.8 Å². The first-order chi connectivity index (χ1) is 9.69. The summed E-state index contributed by atoms with van der Waals surface area (Å²) in [6, 6.07) is 6.92. The molecule has 0 saturated carbocycles. The molecule has 2 rings (SSSR count). The molecule has 6 heteroatoms. The Kier molecular flexibility index (Phi) is 5.31. The zero-order valence-electron chi connectivity index (χ0n) is 11.3. The molecule has 1 amide bonds. The van der Waals surface area contributed by atoms with Gasteiger partial charge in [0, 0.05) is 18.7 Å². The molecule has 1 unspecified atom stereocenters. The van der Waals surface area contributed by atoms with Crippen LogP contribution in [0.3, 0.4) is 0 Å². The average molecular weight is 294 g/mol. The molecule has 1 saturated heterocycles. The van der Waals surface area contributed by atoms with Crippen molar-refractivity contribution in [1.29, 1.82) is 0 Å². The SMILES string of the molecule is COc1cccc(C(=O)NC(=S)NCC2CCCO2)c1. The van der Waals surface area contributed by atoms with Crippen molar-refractivity contribution < 1.29 is 14.3 Å². The number of carbonyl (C=O) groups excluding carboxylic acids is 1. The fraction of sp³-hybridized carbons (Fsp3) is 0.429. The molecule has 1 aliphatic rings. The van der Waals surface area contributed by atoms with E-state index in [-0.39, 0.29) is 12.0 Å². The lowest BCUT2D eigenvalue weighted by molar-refractivity contribution is 0.0973. The number of carbonyl (C=O) groups is 1. The van der Waals surface area contributed by atoms with Crippen molar-refractivity contribution in [2.75, 3.05) is 20.3 Å². The predicted molar refractivity (Wildman–Crippen MR) is 80.0 cm³/mol. The Morgan fingerprint density at radius 1 is 1.55 bits per heavy atom.